The van der Waals surface area contributed by atoms with Crippen LogP contribution in [0.4, 0.5) is 10.1 Å². The van der Waals surface area contributed by atoms with Gasteiger partial charge in [0.25, 0.3) is 5.91 Å². The summed E-state index contributed by atoms with van der Waals surface area (Å²) in [6, 6.07) is 12.2. The minimum atomic E-state index is -1.25. The van der Waals surface area contributed by atoms with Gasteiger partial charge in [-0.3, -0.25) is 9.59 Å². The lowest BCUT2D eigenvalue weighted by Crippen LogP contribution is -2.35. The van der Waals surface area contributed by atoms with Gasteiger partial charge in [-0.1, -0.05) is 6.07 Å². The topological polar surface area (TPSA) is 198 Å². The first kappa shape index (κ1) is 27.7. The minimum absolute atomic E-state index is 0.0384. The van der Waals surface area contributed by atoms with Crippen LogP contribution in [-0.4, -0.2) is 56.4 Å². The second-order valence-electron chi connectivity index (χ2n) is 8.32. The van der Waals surface area contributed by atoms with Gasteiger partial charge in [-0.15, -0.1) is 11.3 Å². The number of pyridine rings is 1. The Morgan fingerprint density at radius 3 is 2.45 bits per heavy atom. The van der Waals surface area contributed by atoms with Crippen molar-refractivity contribution < 1.29 is 38.5 Å². The summed E-state index contributed by atoms with van der Waals surface area (Å²) in [5.74, 6) is -4.91. The molecular formula is C26H20FN5O7S. The van der Waals surface area contributed by atoms with Gasteiger partial charge in [-0.2, -0.15) is 0 Å². The van der Waals surface area contributed by atoms with E-state index in [9.17, 15) is 28.7 Å². The molecule has 1 amide bonds. The number of nitrogens with two attached hydrogens (primary N) is 2. The van der Waals surface area contributed by atoms with Crippen LogP contribution in [0, 0.1) is 5.82 Å². The number of aliphatic imine (C=N–C) groups is 1. The third kappa shape index (κ3) is 6.54. The van der Waals surface area contributed by atoms with Gasteiger partial charge in [0.2, 0.25) is 0 Å². The Morgan fingerprint density at radius 2 is 1.80 bits per heavy atom. The Labute approximate surface area is 228 Å². The predicted octanol–water partition coefficient (Wildman–Crippen LogP) is 2.98. The Kier molecular flexibility index (Phi) is 8.00. The average molecular weight is 566 g/mol. The number of aromatic nitrogens is 1. The number of carbonyl (C=O) groups excluding carboxylic acids is 2. The molecule has 6 N–H and O–H groups in total. The quantitative estimate of drug-likeness (QED) is 0.101. The number of carboxylic acid groups (broad SMARTS) is 2. The second-order valence-corrected chi connectivity index (χ2v) is 9.23. The highest BCUT2D eigenvalue weighted by atomic mass is 32.1. The number of hydrogen-bond acceptors (Lipinski definition) is 8. The number of thiophene rings is 1. The molecule has 0 atom stereocenters. The first-order valence-electron chi connectivity index (χ1n) is 11.3. The van der Waals surface area contributed by atoms with Crippen molar-refractivity contribution in [1.29, 1.82) is 0 Å². The summed E-state index contributed by atoms with van der Waals surface area (Å²) in [5.41, 5.74) is 11.1. The molecule has 14 heteroatoms. The maximum Gasteiger partial charge on any atom is 0.345 e. The SMILES string of the molecule is NC(N)=Nc1ccc(C(=O)Oc2ccc3nc(C(=O)N(CC(=O)O)Cc4csc(C(=O)O)c4)ccc3c2)cc1F. The van der Waals surface area contributed by atoms with Crippen molar-refractivity contribution in [3.05, 3.63) is 87.5 Å². The molecule has 0 fully saturated rings. The first-order valence-corrected chi connectivity index (χ1v) is 12.2. The van der Waals surface area contributed by atoms with E-state index in [1.165, 1.54) is 47.8 Å². The largest absolute Gasteiger partial charge is 0.480 e. The fourth-order valence-corrected chi connectivity index (χ4v) is 4.37. The van der Waals surface area contributed by atoms with E-state index in [1.807, 2.05) is 0 Å². The van der Waals surface area contributed by atoms with Gasteiger partial charge in [0.15, 0.2) is 5.96 Å². The van der Waals surface area contributed by atoms with Gasteiger partial charge >= 0.3 is 17.9 Å². The molecule has 0 radical (unpaired) electrons. The zero-order valence-corrected chi connectivity index (χ0v) is 21.2. The number of fused-ring (bicyclic) bond motifs is 1. The van der Waals surface area contributed by atoms with Gasteiger partial charge in [0.05, 0.1) is 11.1 Å². The number of guanidine groups is 1. The van der Waals surface area contributed by atoms with E-state index >= 15 is 0 Å². The van der Waals surface area contributed by atoms with Gasteiger partial charge in [0.1, 0.15) is 34.4 Å². The zero-order valence-electron chi connectivity index (χ0n) is 20.4. The van der Waals surface area contributed by atoms with Gasteiger partial charge in [-0.25, -0.2) is 24.0 Å². The van der Waals surface area contributed by atoms with Crippen LogP contribution in [0.1, 0.15) is 36.1 Å². The van der Waals surface area contributed by atoms with E-state index in [-0.39, 0.29) is 40.1 Å². The van der Waals surface area contributed by atoms with Crippen LogP contribution in [0.15, 0.2) is 65.0 Å². The van der Waals surface area contributed by atoms with E-state index in [0.717, 1.165) is 22.3 Å². The average Bonchev–Trinajstić information content (AvgIpc) is 3.37. The smallest absolute Gasteiger partial charge is 0.345 e. The summed E-state index contributed by atoms with van der Waals surface area (Å²) in [4.78, 5) is 57.2. The van der Waals surface area contributed by atoms with E-state index in [2.05, 4.69) is 9.98 Å². The fraction of sp³-hybridized carbons (Fsp3) is 0.0769. The van der Waals surface area contributed by atoms with Crippen molar-refractivity contribution in [2.75, 3.05) is 6.54 Å². The Balaban J connectivity index is 1.52. The van der Waals surface area contributed by atoms with E-state index in [4.69, 9.17) is 21.3 Å². The van der Waals surface area contributed by atoms with Crippen LogP contribution >= 0.6 is 11.3 Å². The van der Waals surface area contributed by atoms with Gasteiger partial charge in [-0.05, 0) is 59.5 Å². The monoisotopic (exact) mass is 565 g/mol. The summed E-state index contributed by atoms with van der Waals surface area (Å²) in [6.45, 7) is -0.754. The number of halogens is 1. The highest BCUT2D eigenvalue weighted by Gasteiger charge is 2.22. The standard InChI is InChI=1S/C26H20FN5O7S/c27-17-9-15(2-4-19(17)31-26(28)29)25(38)39-16-3-6-18-14(8-16)1-5-20(30-18)23(35)32(11-22(33)34)10-13-7-21(24(36)37)40-12-13/h1-9,12H,10-11H2,(H,33,34)(H,36,37)(H4,28,29,31). The number of rotatable bonds is 9. The van der Waals surface area contributed by atoms with Crippen molar-refractivity contribution in [2.45, 2.75) is 6.54 Å². The van der Waals surface area contributed by atoms with Crippen molar-refractivity contribution in [1.82, 2.24) is 9.88 Å². The van der Waals surface area contributed by atoms with Gasteiger partial charge in [0, 0.05) is 11.9 Å². The molecule has 204 valence electrons. The molecule has 0 bridgehead atoms. The molecule has 40 heavy (non-hydrogen) atoms. The van der Waals surface area contributed by atoms with E-state index in [1.54, 1.807) is 6.07 Å². The summed E-state index contributed by atoms with van der Waals surface area (Å²) >= 11 is 0.966. The molecule has 2 aromatic carbocycles. The third-order valence-electron chi connectivity index (χ3n) is 5.37. The van der Waals surface area contributed by atoms with Crippen molar-refractivity contribution >= 4 is 57.7 Å². The number of carbonyl (C=O) groups is 4. The van der Waals surface area contributed by atoms with Crippen LogP contribution in [0.5, 0.6) is 5.75 Å². The lowest BCUT2D eigenvalue weighted by molar-refractivity contribution is -0.137. The summed E-state index contributed by atoms with van der Waals surface area (Å²) < 4.78 is 19.5. The minimum Gasteiger partial charge on any atom is -0.480 e. The van der Waals surface area contributed by atoms with Crippen molar-refractivity contribution in [2.24, 2.45) is 16.5 Å². The van der Waals surface area contributed by atoms with E-state index in [0.29, 0.717) is 16.5 Å². The molecule has 0 saturated carbocycles. The lowest BCUT2D eigenvalue weighted by atomic mass is 10.1. The molecule has 2 heterocycles. The lowest BCUT2D eigenvalue weighted by Gasteiger charge is -2.20. The number of ether oxygens (including phenoxy) is 1. The van der Waals surface area contributed by atoms with E-state index < -0.39 is 36.2 Å². The number of aromatic carboxylic acids is 1. The molecule has 2 aromatic heterocycles. The molecule has 0 aliphatic carbocycles. The van der Waals surface area contributed by atoms with Crippen molar-refractivity contribution in [3.8, 4) is 5.75 Å². The zero-order chi connectivity index (χ0) is 29.0. The fourth-order valence-electron chi connectivity index (χ4n) is 3.63. The van der Waals surface area contributed by atoms with Gasteiger partial charge < -0.3 is 31.3 Å². The number of hydrogen-bond donors (Lipinski definition) is 4. The number of nitrogens with zero attached hydrogens (tertiary/aromatic N) is 3. The normalized spacial score (nSPS) is 10.6. The number of amides is 1. The molecule has 0 aliphatic rings. The summed E-state index contributed by atoms with van der Waals surface area (Å²) in [7, 11) is 0. The Bertz CT molecular complexity index is 1680. The number of benzene rings is 2. The molecule has 4 rings (SSSR count). The van der Waals surface area contributed by atoms with Crippen molar-refractivity contribution in [3.63, 3.8) is 0 Å². The molecule has 0 spiro atoms. The molecule has 0 saturated heterocycles. The maximum absolute atomic E-state index is 14.2. The second kappa shape index (κ2) is 11.6. The number of aliphatic carboxylic acids is 1. The molecule has 0 unspecified atom stereocenters. The summed E-state index contributed by atoms with van der Waals surface area (Å²) in [6.07, 6.45) is 0. The molecule has 0 aliphatic heterocycles. The maximum atomic E-state index is 14.2. The van der Waals surface area contributed by atoms with Crippen LogP contribution in [0.2, 0.25) is 0 Å². The Hall–Kier alpha value is -5.37. The highest BCUT2D eigenvalue weighted by molar-refractivity contribution is 7.12. The van der Waals surface area contributed by atoms with Crippen LogP contribution in [0.3, 0.4) is 0 Å². The number of carboxylic acids is 2. The van der Waals surface area contributed by atoms with Crippen LogP contribution in [-0.2, 0) is 11.3 Å². The first-order chi connectivity index (χ1) is 19.0. The third-order valence-corrected chi connectivity index (χ3v) is 6.34. The molecule has 4 aromatic rings. The number of esters is 1. The summed E-state index contributed by atoms with van der Waals surface area (Å²) in [5, 5.41) is 20.4. The predicted molar refractivity (Wildman–Crippen MR) is 142 cm³/mol. The molecule has 12 nitrogen and oxygen atoms in total. The van der Waals surface area contributed by atoms with Crippen LogP contribution in [0.25, 0.3) is 10.9 Å². The van der Waals surface area contributed by atoms with Crippen LogP contribution < -0.4 is 16.2 Å². The molecular weight excluding hydrogens is 545 g/mol. The highest BCUT2D eigenvalue weighted by Crippen LogP contribution is 2.24. The Morgan fingerprint density at radius 1 is 1.02 bits per heavy atom.